The van der Waals surface area contributed by atoms with Gasteiger partial charge in [-0.05, 0) is 80.1 Å². The Hall–Kier alpha value is -5.81. The third kappa shape index (κ3) is 20.8. The number of alkyl halides is 1. The predicted molar refractivity (Wildman–Crippen MR) is 332 cm³/mol. The summed E-state index contributed by atoms with van der Waals surface area (Å²) in [4.78, 5) is 89.2. The maximum absolute atomic E-state index is 13.5. The minimum Gasteiger partial charge on any atom is -0.444 e. The number of amides is 7. The molecule has 0 aliphatic carbocycles. The van der Waals surface area contributed by atoms with Crippen LogP contribution in [0.1, 0.15) is 93.0 Å². The molecule has 6 aliphatic heterocycles. The third-order valence-corrected chi connectivity index (χ3v) is 17.9. The summed E-state index contributed by atoms with van der Waals surface area (Å²) in [5.41, 5.74) is 8.10. The maximum Gasteiger partial charge on any atom is 1.00 e. The molecule has 3 N–H and O–H groups in total. The first-order valence-electron chi connectivity index (χ1n) is 28.8. The van der Waals surface area contributed by atoms with Crippen LogP contribution >= 0.6 is 15.9 Å². The number of nitrogens with zero attached hydrogens (tertiary/aromatic N) is 11. The number of nitrogens with one attached hydrogen (secondary N) is 1. The Balaban J connectivity index is 0.000000241. The molecular formula is C56H80BrF3N13NaO14S3. The predicted octanol–water partition coefficient (Wildman–Crippen LogP) is 2.59. The van der Waals surface area contributed by atoms with Crippen LogP contribution in [0.3, 0.4) is 0 Å². The van der Waals surface area contributed by atoms with Crippen LogP contribution in [-0.4, -0.2) is 195 Å². The summed E-state index contributed by atoms with van der Waals surface area (Å²) in [5, 5.41) is 11.9. The summed E-state index contributed by atoms with van der Waals surface area (Å²) in [5.74, 6) is -5.26. The number of aromatic nitrogens is 4. The first-order valence-corrected chi connectivity index (χ1v) is 35.5. The van der Waals surface area contributed by atoms with E-state index in [1.165, 1.54) is 27.1 Å². The van der Waals surface area contributed by atoms with Crippen LogP contribution in [0, 0.1) is 35.2 Å². The molecule has 3 saturated heterocycles. The van der Waals surface area contributed by atoms with E-state index in [0.29, 0.717) is 80.0 Å². The Kier molecular flexibility index (Phi) is 25.8. The van der Waals surface area contributed by atoms with Gasteiger partial charge in [0.15, 0.2) is 17.5 Å². The van der Waals surface area contributed by atoms with Gasteiger partial charge < -0.3 is 48.5 Å². The molecule has 0 bridgehead atoms. The number of anilines is 3. The average molecular weight is 1420 g/mol. The Bertz CT molecular complexity index is 3570. The second-order valence-electron chi connectivity index (χ2n) is 25.2. The van der Waals surface area contributed by atoms with Crippen LogP contribution in [0.15, 0.2) is 41.4 Å². The Morgan fingerprint density at radius 3 is 1.55 bits per heavy atom. The Morgan fingerprint density at radius 1 is 0.692 bits per heavy atom. The summed E-state index contributed by atoms with van der Waals surface area (Å²) in [6.45, 7) is 19.6. The normalized spacial score (nSPS) is 22.0. The zero-order chi connectivity index (χ0) is 67.3. The van der Waals surface area contributed by atoms with Crippen molar-refractivity contribution in [3.8, 4) is 0 Å². The molecule has 27 nitrogen and oxygen atoms in total. The molecule has 3 unspecified atom stereocenters. The molecule has 9 rings (SSSR count). The second kappa shape index (κ2) is 31.0. The molecule has 2 aromatic heterocycles. The maximum atomic E-state index is 13.5. The number of rotatable bonds is 10. The van der Waals surface area contributed by atoms with Crippen molar-refractivity contribution in [3.63, 3.8) is 0 Å². The van der Waals surface area contributed by atoms with Crippen molar-refractivity contribution in [2.24, 2.45) is 28.5 Å². The van der Waals surface area contributed by atoms with Crippen LogP contribution in [0.25, 0.3) is 0 Å². The van der Waals surface area contributed by atoms with Gasteiger partial charge in [-0.3, -0.25) is 38.5 Å². The number of likely N-dealkylation sites (tertiary alicyclic amines) is 1. The van der Waals surface area contributed by atoms with Crippen molar-refractivity contribution < 1.29 is 106 Å². The number of carbonyl (C=O) groups is 6. The molecule has 3 aromatic rings. The monoisotopic (exact) mass is 1410 g/mol. The van der Waals surface area contributed by atoms with Crippen LogP contribution in [0.2, 0.25) is 0 Å². The summed E-state index contributed by atoms with van der Waals surface area (Å²) in [6, 6.07) is 0.211. The van der Waals surface area contributed by atoms with Crippen molar-refractivity contribution in [1.29, 1.82) is 0 Å². The van der Waals surface area contributed by atoms with E-state index in [-0.39, 0.29) is 140 Å². The van der Waals surface area contributed by atoms with Crippen LogP contribution in [0.4, 0.5) is 44.6 Å². The Labute approximate surface area is 560 Å². The number of nitrogens with two attached hydrogens (primary N) is 1. The van der Waals surface area contributed by atoms with Crippen molar-refractivity contribution in [1.82, 2.24) is 39.2 Å². The van der Waals surface area contributed by atoms with Gasteiger partial charge in [-0.25, -0.2) is 44.4 Å². The number of aliphatic imine (C=N–C) groups is 1. The molecule has 7 amide bonds. The molecule has 6 aliphatic rings. The SMILES string of the molecule is C[C@H]1CN=C(C(=CN)N2CC(CS(C)(=O)=O)CC2=O)CN1C(=O)OC(C)(C)C.C[C@H]1Cn2ncc(N3CC(CBr)CC3=O)c2CN1C(=O)OC(C)(C)C.C[C@H]1Cn2ncc(N3CC(CS(C)(=O)=O)CC3=O)c2CN1C(=O)Nc1cc(F)c(F)c(F)c1.C[S-](=O)=O.[Na+]. The molecule has 0 spiro atoms. The fraction of sp³-hybridized carbons (Fsp3) is 0.625. The number of urea groups is 1. The first kappa shape index (κ1) is 75.9. The van der Waals surface area contributed by atoms with Crippen LogP contribution in [0.5, 0.6) is 0 Å². The molecule has 0 radical (unpaired) electrons. The number of carbonyl (C=O) groups excluding carboxylic acids is 6. The van der Waals surface area contributed by atoms with Gasteiger partial charge in [-0.2, -0.15) is 10.2 Å². The zero-order valence-corrected chi connectivity index (χ0v) is 59.4. The molecule has 91 heavy (non-hydrogen) atoms. The molecular weight excluding hydrogens is 1330 g/mol. The minimum absolute atomic E-state index is 0. The number of hydrogen-bond acceptors (Lipinski definition) is 19. The van der Waals surface area contributed by atoms with Crippen molar-refractivity contribution in [2.45, 2.75) is 137 Å². The van der Waals surface area contributed by atoms with E-state index in [0.717, 1.165) is 35.5 Å². The van der Waals surface area contributed by atoms with Crippen LogP contribution in [-0.2, 0) is 88.8 Å². The fourth-order valence-corrected chi connectivity index (χ4v) is 13.5. The molecule has 0 saturated carbocycles. The topological polar surface area (TPSA) is 329 Å². The van der Waals surface area contributed by atoms with Gasteiger partial charge in [0, 0.05) is 80.8 Å². The van der Waals surface area contributed by atoms with Crippen molar-refractivity contribution >= 4 is 105 Å². The van der Waals surface area contributed by atoms with E-state index in [4.69, 9.17) is 23.6 Å². The van der Waals surface area contributed by atoms with Crippen LogP contribution < -0.4 is 50.4 Å². The summed E-state index contributed by atoms with van der Waals surface area (Å²) >= 11 is 3.46. The molecule has 3 fully saturated rings. The van der Waals surface area contributed by atoms with Gasteiger partial charge >= 0.3 is 47.8 Å². The van der Waals surface area contributed by atoms with Gasteiger partial charge in [0.1, 0.15) is 30.9 Å². The standard InChI is InChI=1S/C20H22F3N5O4S.C18H30N4O5S.C17H25BrN4O3.CH3O2S.Na/c1-11-7-28-17(9-26(11)20(30)25-13-4-14(21)19(23)15(22)5-13)16(6-24-28)27-8-12(3-18(27)29)10-33(2,31)32;1-12-8-20-14(10-21(12)17(24)27-18(2,3)4)15(7-19)22-9-13(6-16(22)23)11-28(5,25)26;1-11-8-22-14(10-20(11)16(24)25-17(2,3)4)13(7-19-22)21-9-12(6-18)5-15(21)23;1-4(2)3;/h4-6,11-12H,3,7-10H2,1-2H3,(H,25,30);7,12-13H,6,8-11,19H2,1-5H3;7,11-12H,5-6,8-10H2,1-4H3;1H3;/q;;;-1;+1/t11-,12?;12-,13?;11-,12?;;/m000../s1. The van der Waals surface area contributed by atoms with E-state index >= 15 is 0 Å². The first-order chi connectivity index (χ1) is 41.7. The molecule has 35 heteroatoms. The van der Waals surface area contributed by atoms with Gasteiger partial charge in [0.05, 0.1) is 115 Å². The van der Waals surface area contributed by atoms with E-state index in [9.17, 15) is 58.8 Å². The summed E-state index contributed by atoms with van der Waals surface area (Å²) < 4.78 is 119. The number of benzene rings is 1. The van der Waals surface area contributed by atoms with E-state index in [2.05, 4.69) is 36.4 Å². The van der Waals surface area contributed by atoms with E-state index in [1.807, 2.05) is 39.3 Å². The number of fused-ring (bicyclic) bond motifs is 2. The number of ether oxygens (including phenoxy) is 2. The second-order valence-corrected chi connectivity index (χ2v) is 31.0. The zero-order valence-electron chi connectivity index (χ0n) is 53.4. The third-order valence-electron chi connectivity index (χ3n) is 14.8. The summed E-state index contributed by atoms with van der Waals surface area (Å²) in [7, 11) is -8.29. The van der Waals surface area contributed by atoms with E-state index < -0.39 is 71.2 Å². The molecule has 8 heterocycles. The van der Waals surface area contributed by atoms with Gasteiger partial charge in [0.2, 0.25) is 17.7 Å². The Morgan fingerprint density at radius 2 is 1.11 bits per heavy atom. The van der Waals surface area contributed by atoms with Crippen molar-refractivity contribution in [2.75, 3.05) is 83.4 Å². The van der Waals surface area contributed by atoms with Gasteiger partial charge in [-0.1, -0.05) is 32.9 Å². The molecule has 6 atom stereocenters. The van der Waals surface area contributed by atoms with E-state index in [1.54, 1.807) is 53.3 Å². The largest absolute Gasteiger partial charge is 1.00 e. The smallest absolute Gasteiger partial charge is 0.444 e. The average Bonchev–Trinajstić information content (AvgIpc) is 1.68. The molecule has 500 valence electrons. The summed E-state index contributed by atoms with van der Waals surface area (Å²) in [6.07, 6.45) is 7.92. The number of halogens is 4. The van der Waals surface area contributed by atoms with Gasteiger partial charge in [0.25, 0.3) is 0 Å². The van der Waals surface area contributed by atoms with Crippen molar-refractivity contribution in [3.05, 3.63) is 65.3 Å². The number of hydrogen-bond donors (Lipinski definition) is 2. The van der Waals surface area contributed by atoms with Gasteiger partial charge in [-0.15, -0.1) is 0 Å². The fourth-order valence-electron chi connectivity index (χ4n) is 10.9. The molecule has 1 aromatic carbocycles. The quantitative estimate of drug-likeness (QED) is 0.127. The number of sulfone groups is 2. The minimum atomic E-state index is -3.24.